The van der Waals surface area contributed by atoms with Gasteiger partial charge in [-0.15, -0.1) is 0 Å². The van der Waals surface area contributed by atoms with Crippen molar-refractivity contribution in [2.75, 3.05) is 20.3 Å². The number of hydrogen-bond donors (Lipinski definition) is 0. The van der Waals surface area contributed by atoms with Gasteiger partial charge in [-0.3, -0.25) is 4.79 Å². The normalized spacial score (nSPS) is 28.5. The predicted octanol–water partition coefficient (Wildman–Crippen LogP) is 3.54. The van der Waals surface area contributed by atoms with E-state index in [9.17, 15) is 9.59 Å². The Morgan fingerprint density at radius 2 is 1.97 bits per heavy atom. The van der Waals surface area contributed by atoms with E-state index in [0.29, 0.717) is 43.1 Å². The van der Waals surface area contributed by atoms with Gasteiger partial charge in [-0.2, -0.15) is 0 Å². The van der Waals surface area contributed by atoms with Crippen molar-refractivity contribution in [1.82, 2.24) is 0 Å². The second-order valence-corrected chi connectivity index (χ2v) is 8.37. The Balaban J connectivity index is 1.52. The Morgan fingerprint density at radius 3 is 2.71 bits per heavy atom. The molecule has 1 aromatic rings. The standard InChI is InChI=1S/C24H30O7/c1-4-15-10-17-21(12-20(15)31-14(2)24(26)27-3)30-13-18(23(17)25)16-6-7-19-22(11-16)29-9-5-8-28-19/h6-7,11,13-15,17,20-21H,4-5,8-10,12H2,1-3H3. The first-order valence-corrected chi connectivity index (χ1v) is 11.0. The van der Waals surface area contributed by atoms with Crippen LogP contribution >= 0.6 is 0 Å². The maximum atomic E-state index is 13.4. The SMILES string of the molecule is CCC1CC2C(=O)C(c3ccc4c(c3)OCCCO4)=COC2CC1OC(C)C(=O)OC. The Bertz CT molecular complexity index is 861. The van der Waals surface area contributed by atoms with Crippen LogP contribution in [0.4, 0.5) is 0 Å². The van der Waals surface area contributed by atoms with Crippen LogP contribution in [0.25, 0.3) is 5.57 Å². The van der Waals surface area contributed by atoms with Gasteiger partial charge in [-0.1, -0.05) is 19.4 Å². The van der Waals surface area contributed by atoms with Crippen molar-refractivity contribution in [2.24, 2.45) is 11.8 Å². The number of fused-ring (bicyclic) bond motifs is 2. The third kappa shape index (κ3) is 4.42. The highest BCUT2D eigenvalue weighted by Gasteiger charge is 2.45. The fourth-order valence-corrected chi connectivity index (χ4v) is 4.68. The van der Waals surface area contributed by atoms with Gasteiger partial charge in [-0.25, -0.2) is 4.79 Å². The predicted molar refractivity (Wildman–Crippen MR) is 113 cm³/mol. The van der Waals surface area contributed by atoms with Gasteiger partial charge in [0.05, 0.1) is 44.2 Å². The minimum absolute atomic E-state index is 0.0867. The quantitative estimate of drug-likeness (QED) is 0.661. The number of carbonyl (C=O) groups is 2. The third-order valence-electron chi connectivity index (χ3n) is 6.45. The van der Waals surface area contributed by atoms with Gasteiger partial charge in [0.2, 0.25) is 0 Å². The van der Waals surface area contributed by atoms with E-state index in [1.807, 2.05) is 18.2 Å². The number of hydrogen-bond acceptors (Lipinski definition) is 7. The van der Waals surface area contributed by atoms with Crippen molar-refractivity contribution in [3.8, 4) is 11.5 Å². The third-order valence-corrected chi connectivity index (χ3v) is 6.45. The summed E-state index contributed by atoms with van der Waals surface area (Å²) >= 11 is 0. The van der Waals surface area contributed by atoms with Crippen LogP contribution in [0.2, 0.25) is 0 Å². The molecular weight excluding hydrogens is 400 g/mol. The molecule has 5 atom stereocenters. The van der Waals surface area contributed by atoms with Crippen LogP contribution in [0, 0.1) is 11.8 Å². The van der Waals surface area contributed by atoms with Crippen molar-refractivity contribution in [3.63, 3.8) is 0 Å². The number of ether oxygens (including phenoxy) is 5. The molecule has 1 aromatic carbocycles. The van der Waals surface area contributed by atoms with Crippen LogP contribution in [-0.2, 0) is 23.8 Å². The molecule has 5 unspecified atom stereocenters. The smallest absolute Gasteiger partial charge is 0.334 e. The molecule has 0 N–H and O–H groups in total. The lowest BCUT2D eigenvalue weighted by molar-refractivity contribution is -0.165. The molecule has 1 aliphatic carbocycles. The van der Waals surface area contributed by atoms with Gasteiger partial charge in [0.15, 0.2) is 23.4 Å². The van der Waals surface area contributed by atoms with Gasteiger partial charge in [0.25, 0.3) is 0 Å². The zero-order valence-electron chi connectivity index (χ0n) is 18.3. The molecule has 3 aliphatic rings. The number of Topliss-reactive ketones (excluding diaryl/α,β-unsaturated/α-hetero) is 1. The van der Waals surface area contributed by atoms with Crippen LogP contribution in [0.5, 0.6) is 11.5 Å². The number of esters is 1. The minimum Gasteiger partial charge on any atom is -0.496 e. The van der Waals surface area contributed by atoms with Gasteiger partial charge >= 0.3 is 5.97 Å². The fourth-order valence-electron chi connectivity index (χ4n) is 4.68. The van der Waals surface area contributed by atoms with Gasteiger partial charge in [0.1, 0.15) is 6.10 Å². The Kier molecular flexibility index (Phi) is 6.51. The maximum absolute atomic E-state index is 13.4. The van der Waals surface area contributed by atoms with E-state index in [-0.39, 0.29) is 29.8 Å². The molecule has 0 saturated heterocycles. The van der Waals surface area contributed by atoms with E-state index in [4.69, 9.17) is 23.7 Å². The Morgan fingerprint density at radius 1 is 1.19 bits per heavy atom. The molecule has 1 fully saturated rings. The van der Waals surface area contributed by atoms with Crippen molar-refractivity contribution in [3.05, 3.63) is 30.0 Å². The van der Waals surface area contributed by atoms with Crippen LogP contribution < -0.4 is 9.47 Å². The molecule has 0 bridgehead atoms. The van der Waals surface area contributed by atoms with E-state index in [2.05, 4.69) is 6.92 Å². The van der Waals surface area contributed by atoms with E-state index >= 15 is 0 Å². The second-order valence-electron chi connectivity index (χ2n) is 8.37. The van der Waals surface area contributed by atoms with Crippen molar-refractivity contribution in [1.29, 1.82) is 0 Å². The van der Waals surface area contributed by atoms with Gasteiger partial charge < -0.3 is 23.7 Å². The topological polar surface area (TPSA) is 80.3 Å². The monoisotopic (exact) mass is 430 g/mol. The molecule has 2 heterocycles. The van der Waals surface area contributed by atoms with Crippen LogP contribution in [-0.4, -0.2) is 50.4 Å². The molecule has 2 aliphatic heterocycles. The summed E-state index contributed by atoms with van der Waals surface area (Å²) in [6.07, 6.45) is 3.44. The molecule has 4 rings (SSSR count). The highest BCUT2D eigenvalue weighted by molar-refractivity contribution is 6.22. The van der Waals surface area contributed by atoms with E-state index in [0.717, 1.165) is 18.4 Å². The summed E-state index contributed by atoms with van der Waals surface area (Å²) < 4.78 is 28.3. The number of allylic oxidation sites excluding steroid dienone is 1. The fraction of sp³-hybridized carbons (Fsp3) is 0.583. The molecular formula is C24H30O7. The number of benzene rings is 1. The van der Waals surface area contributed by atoms with E-state index in [1.54, 1.807) is 13.2 Å². The lowest BCUT2D eigenvalue weighted by atomic mass is 9.72. The lowest BCUT2D eigenvalue weighted by Crippen LogP contribution is -2.47. The molecule has 7 heteroatoms. The van der Waals surface area contributed by atoms with Gasteiger partial charge in [-0.05, 0) is 37.0 Å². The molecule has 7 nitrogen and oxygen atoms in total. The number of methoxy groups -OCH3 is 1. The average Bonchev–Trinajstić information content (AvgIpc) is 3.03. The van der Waals surface area contributed by atoms with Crippen LogP contribution in [0.3, 0.4) is 0 Å². The second kappa shape index (κ2) is 9.30. The number of carbonyl (C=O) groups excluding carboxylic acids is 2. The van der Waals surface area contributed by atoms with Crippen LogP contribution in [0.15, 0.2) is 24.5 Å². The zero-order chi connectivity index (χ0) is 22.0. The number of ketones is 1. The summed E-state index contributed by atoms with van der Waals surface area (Å²) in [4.78, 5) is 25.2. The van der Waals surface area contributed by atoms with Crippen molar-refractivity contribution >= 4 is 17.3 Å². The summed E-state index contributed by atoms with van der Waals surface area (Å²) in [5, 5.41) is 0. The highest BCUT2D eigenvalue weighted by Crippen LogP contribution is 2.42. The molecule has 168 valence electrons. The molecule has 1 saturated carbocycles. The van der Waals surface area contributed by atoms with E-state index < -0.39 is 12.1 Å². The Labute approximate surface area is 182 Å². The van der Waals surface area contributed by atoms with Crippen LogP contribution in [0.1, 0.15) is 45.1 Å². The lowest BCUT2D eigenvalue weighted by Gasteiger charge is -2.42. The summed E-state index contributed by atoms with van der Waals surface area (Å²) in [5.74, 6) is 0.995. The molecule has 0 radical (unpaired) electrons. The van der Waals surface area contributed by atoms with Crippen molar-refractivity contribution < 1.29 is 33.3 Å². The summed E-state index contributed by atoms with van der Waals surface area (Å²) in [6, 6.07) is 5.59. The van der Waals surface area contributed by atoms with Gasteiger partial charge in [0, 0.05) is 12.8 Å². The number of rotatable bonds is 5. The molecule has 0 amide bonds. The largest absolute Gasteiger partial charge is 0.496 e. The van der Waals surface area contributed by atoms with Crippen molar-refractivity contribution in [2.45, 2.75) is 57.8 Å². The first kappa shape index (κ1) is 21.7. The molecule has 31 heavy (non-hydrogen) atoms. The summed E-state index contributed by atoms with van der Waals surface area (Å²) in [7, 11) is 1.35. The maximum Gasteiger partial charge on any atom is 0.334 e. The first-order chi connectivity index (χ1) is 15.0. The highest BCUT2D eigenvalue weighted by atomic mass is 16.6. The van der Waals surface area contributed by atoms with E-state index in [1.165, 1.54) is 7.11 Å². The molecule has 0 spiro atoms. The summed E-state index contributed by atoms with van der Waals surface area (Å²) in [5.41, 5.74) is 1.34. The first-order valence-electron chi connectivity index (χ1n) is 11.0. The molecule has 0 aromatic heterocycles. The minimum atomic E-state index is -0.646. The average molecular weight is 430 g/mol. The zero-order valence-corrected chi connectivity index (χ0v) is 18.3. The Hall–Kier alpha value is -2.54. The summed E-state index contributed by atoms with van der Waals surface area (Å²) in [6.45, 7) is 4.99.